The molecule has 0 saturated carbocycles. The van der Waals surface area contributed by atoms with Crippen molar-refractivity contribution in [3.8, 4) is 0 Å². The van der Waals surface area contributed by atoms with E-state index in [-0.39, 0.29) is 30.5 Å². The van der Waals surface area contributed by atoms with Gasteiger partial charge in [0.2, 0.25) is 23.6 Å². The van der Waals surface area contributed by atoms with Gasteiger partial charge in [0.1, 0.15) is 24.7 Å². The summed E-state index contributed by atoms with van der Waals surface area (Å²) in [4.78, 5) is 74.1. The van der Waals surface area contributed by atoms with Crippen molar-refractivity contribution in [1.29, 1.82) is 0 Å². The molecule has 1 aromatic rings. The van der Waals surface area contributed by atoms with Gasteiger partial charge in [0, 0.05) is 11.5 Å². The first kappa shape index (κ1) is 36.7. The lowest BCUT2D eigenvalue weighted by atomic mass is 10.0. The van der Waals surface area contributed by atoms with E-state index >= 15 is 0 Å². The summed E-state index contributed by atoms with van der Waals surface area (Å²) >= 11 is 4.50. The smallest absolute Gasteiger partial charge is 0.367 e. The van der Waals surface area contributed by atoms with Crippen molar-refractivity contribution < 1.29 is 43.7 Å². The Bertz CT molecular complexity index is 1080. The molecule has 0 aliphatic heterocycles. The monoisotopic (exact) mass is 629 g/mol. The number of nitrogens with two attached hydrogens (primary N) is 1. The quantitative estimate of drug-likeness (QED) is 0.0801. The van der Waals surface area contributed by atoms with E-state index in [4.69, 9.17) is 10.5 Å². The molecular formula is C26H39N5O9S2. The number of nitrogens with one attached hydrogen (secondary N) is 4. The predicted octanol–water partition coefficient (Wildman–Crippen LogP) is -0.604. The Hall–Kier alpha value is -3.34. The Morgan fingerprint density at radius 1 is 0.952 bits per heavy atom. The Morgan fingerprint density at radius 3 is 2.14 bits per heavy atom. The molecule has 16 heteroatoms. The predicted molar refractivity (Wildman–Crippen MR) is 158 cm³/mol. The van der Waals surface area contributed by atoms with Gasteiger partial charge in [-0.1, -0.05) is 44.2 Å². The Balaban J connectivity index is 2.88. The van der Waals surface area contributed by atoms with Gasteiger partial charge in [0.25, 0.3) is 0 Å². The lowest BCUT2D eigenvalue weighted by Gasteiger charge is -2.23. The first-order valence-electron chi connectivity index (χ1n) is 13.0. The summed E-state index contributed by atoms with van der Waals surface area (Å²) in [6, 6.07) is 3.77. The van der Waals surface area contributed by atoms with Crippen molar-refractivity contribution in [2.75, 3.05) is 18.1 Å². The number of amides is 4. The minimum absolute atomic E-state index is 0.0104. The van der Waals surface area contributed by atoms with Gasteiger partial charge in [0.05, 0.1) is 18.7 Å². The molecule has 1 rings (SSSR count). The Morgan fingerprint density at radius 2 is 1.60 bits per heavy atom. The van der Waals surface area contributed by atoms with Crippen LogP contribution in [0.4, 0.5) is 4.79 Å². The third kappa shape index (κ3) is 14.0. The van der Waals surface area contributed by atoms with E-state index in [0.29, 0.717) is 11.8 Å². The normalized spacial score (nSPS) is 14.5. The highest BCUT2D eigenvalue weighted by molar-refractivity contribution is 8.13. The van der Waals surface area contributed by atoms with Crippen LogP contribution in [0.1, 0.15) is 32.8 Å². The molecule has 0 spiro atoms. The molecule has 14 nitrogen and oxygen atoms in total. The second kappa shape index (κ2) is 19.0. The first-order valence-corrected chi connectivity index (χ1v) is 14.7. The summed E-state index contributed by atoms with van der Waals surface area (Å²) in [7, 11) is 0. The van der Waals surface area contributed by atoms with Crippen LogP contribution in [0.5, 0.6) is 0 Å². The van der Waals surface area contributed by atoms with Gasteiger partial charge in [-0.2, -0.15) is 12.6 Å². The molecule has 0 bridgehead atoms. The number of carboxylic acid groups (broad SMARTS) is 1. The molecule has 0 radical (unpaired) electrons. The molecule has 5 atom stereocenters. The molecule has 0 aliphatic carbocycles. The van der Waals surface area contributed by atoms with Crippen molar-refractivity contribution in [3.05, 3.63) is 35.9 Å². The van der Waals surface area contributed by atoms with Crippen LogP contribution in [-0.2, 0) is 35.3 Å². The van der Waals surface area contributed by atoms with Crippen LogP contribution in [0.25, 0.3) is 0 Å². The number of thioether (sulfide) groups is 1. The number of carbonyl (C=O) groups is 6. The summed E-state index contributed by atoms with van der Waals surface area (Å²) in [5, 5.41) is 27.9. The molecular weight excluding hydrogens is 590 g/mol. The number of aliphatic hydroxyl groups is 1. The molecule has 0 aliphatic rings. The minimum atomic E-state index is -1.43. The van der Waals surface area contributed by atoms with E-state index in [1.54, 1.807) is 44.2 Å². The second-order valence-electron chi connectivity index (χ2n) is 9.72. The molecule has 0 unspecified atom stereocenters. The van der Waals surface area contributed by atoms with Crippen molar-refractivity contribution in [3.63, 3.8) is 0 Å². The fourth-order valence-electron chi connectivity index (χ4n) is 3.33. The zero-order valence-electron chi connectivity index (χ0n) is 23.6. The maximum atomic E-state index is 13.0. The molecule has 4 amide bonds. The van der Waals surface area contributed by atoms with E-state index < -0.39 is 71.7 Å². The zero-order chi connectivity index (χ0) is 31.8. The molecule has 8 N–H and O–H groups in total. The van der Waals surface area contributed by atoms with Crippen molar-refractivity contribution in [1.82, 2.24) is 21.3 Å². The fourth-order valence-corrected chi connectivity index (χ4v) is 4.17. The lowest BCUT2D eigenvalue weighted by molar-refractivity contribution is -0.142. The summed E-state index contributed by atoms with van der Waals surface area (Å²) < 4.78 is 5.18. The third-order valence-electron chi connectivity index (χ3n) is 5.56. The van der Waals surface area contributed by atoms with Gasteiger partial charge in [0.15, 0.2) is 0 Å². The SMILES string of the molecule is CC(C)C[C@H](NC(=O)[C@H](CSC(=O)OCc1ccccc1)NC(=O)CNC(=O)[C@@H](NC(=O)[C@@H](N)CS)[C@@H](C)O)C(=O)O. The van der Waals surface area contributed by atoms with Crippen LogP contribution >= 0.6 is 24.4 Å². The summed E-state index contributed by atoms with van der Waals surface area (Å²) in [5.74, 6) is -5.01. The molecule has 1 aromatic carbocycles. The molecule has 234 valence electrons. The topological polar surface area (TPSA) is 226 Å². The standard InChI is InChI=1S/C26H39N5O9S2/c1-14(2)9-18(25(37)38)30-23(35)19(13-42-26(39)40-11-16-7-5-4-6-8-16)29-20(33)10-28-24(36)21(15(3)32)31-22(34)17(27)12-41/h4-8,14-15,17-19,21,32,41H,9-13,27H2,1-3H3,(H,28,36)(H,29,33)(H,30,35)(H,31,34)(H,37,38)/t15-,17+,18+,19+,21+/m1/s1. The van der Waals surface area contributed by atoms with E-state index in [1.807, 2.05) is 0 Å². The average Bonchev–Trinajstić information content (AvgIpc) is 2.94. The van der Waals surface area contributed by atoms with Gasteiger partial charge in [-0.15, -0.1) is 0 Å². The highest BCUT2D eigenvalue weighted by atomic mass is 32.2. The maximum absolute atomic E-state index is 13.0. The number of benzene rings is 1. The van der Waals surface area contributed by atoms with Gasteiger partial charge in [-0.05, 0) is 36.6 Å². The highest BCUT2D eigenvalue weighted by Gasteiger charge is 2.30. The molecule has 0 saturated heterocycles. The number of rotatable bonds is 17. The molecule has 0 fully saturated rings. The number of hydrogen-bond donors (Lipinski definition) is 8. The largest absolute Gasteiger partial charge is 0.480 e. The minimum Gasteiger partial charge on any atom is -0.480 e. The summed E-state index contributed by atoms with van der Waals surface area (Å²) in [6.45, 7) is 4.12. The van der Waals surface area contributed by atoms with Crippen molar-refractivity contribution >= 4 is 59.3 Å². The number of hydrogen-bond acceptors (Lipinski definition) is 11. The number of thiol groups is 1. The van der Waals surface area contributed by atoms with Gasteiger partial charge >= 0.3 is 11.3 Å². The van der Waals surface area contributed by atoms with Gasteiger partial charge < -0.3 is 42.0 Å². The average molecular weight is 630 g/mol. The van der Waals surface area contributed by atoms with Crippen molar-refractivity contribution in [2.45, 2.75) is 64.1 Å². The van der Waals surface area contributed by atoms with Crippen LogP contribution in [-0.4, -0.2) is 93.4 Å². The Labute approximate surface area is 253 Å². The molecule has 0 aromatic heterocycles. The Kier molecular flexibility index (Phi) is 16.6. The van der Waals surface area contributed by atoms with E-state index in [9.17, 15) is 39.0 Å². The van der Waals surface area contributed by atoms with E-state index in [2.05, 4.69) is 33.9 Å². The highest BCUT2D eigenvalue weighted by Crippen LogP contribution is 2.12. The molecule has 42 heavy (non-hydrogen) atoms. The number of aliphatic hydroxyl groups excluding tert-OH is 1. The lowest BCUT2D eigenvalue weighted by Crippen LogP contribution is -2.58. The number of carboxylic acids is 1. The van der Waals surface area contributed by atoms with Gasteiger partial charge in [-0.3, -0.25) is 19.2 Å². The van der Waals surface area contributed by atoms with Gasteiger partial charge in [-0.25, -0.2) is 9.59 Å². The number of carbonyl (C=O) groups excluding carboxylic acids is 5. The maximum Gasteiger partial charge on any atom is 0.367 e. The first-order chi connectivity index (χ1) is 19.7. The third-order valence-corrected chi connectivity index (χ3v) is 6.81. The van der Waals surface area contributed by atoms with Crippen LogP contribution in [0.15, 0.2) is 30.3 Å². The van der Waals surface area contributed by atoms with E-state index in [0.717, 1.165) is 5.56 Å². The van der Waals surface area contributed by atoms with Crippen molar-refractivity contribution in [2.24, 2.45) is 11.7 Å². The summed E-state index contributed by atoms with van der Waals surface area (Å²) in [5.41, 5.74) is 6.31. The van der Waals surface area contributed by atoms with Crippen LogP contribution in [0.3, 0.4) is 0 Å². The van der Waals surface area contributed by atoms with E-state index in [1.165, 1.54) is 6.92 Å². The van der Waals surface area contributed by atoms with Crippen LogP contribution in [0.2, 0.25) is 0 Å². The fraction of sp³-hybridized carbons (Fsp3) is 0.538. The second-order valence-corrected chi connectivity index (χ2v) is 11.0. The molecule has 0 heterocycles. The number of aliphatic carboxylic acids is 1. The van der Waals surface area contributed by atoms with Crippen LogP contribution in [0, 0.1) is 5.92 Å². The van der Waals surface area contributed by atoms with Crippen LogP contribution < -0.4 is 27.0 Å². The zero-order valence-corrected chi connectivity index (χ0v) is 25.3. The summed E-state index contributed by atoms with van der Waals surface area (Å²) in [6.07, 6.45) is -1.22. The number of ether oxygens (including phenoxy) is 1.